The predicted octanol–water partition coefficient (Wildman–Crippen LogP) is 5.57. The average molecular weight is 465 g/mol. The first-order valence-electron chi connectivity index (χ1n) is 8.67. The van der Waals surface area contributed by atoms with E-state index in [0.29, 0.717) is 15.5 Å². The molecule has 0 aliphatic rings. The van der Waals surface area contributed by atoms with Crippen molar-refractivity contribution >= 4 is 51.8 Å². The van der Waals surface area contributed by atoms with Crippen LogP contribution in [0, 0.1) is 0 Å². The fourth-order valence-corrected chi connectivity index (χ4v) is 3.64. The number of pyridine rings is 1. The lowest BCUT2D eigenvalue weighted by Gasteiger charge is -2.09. The maximum Gasteiger partial charge on any atom is 0.417 e. The monoisotopic (exact) mass is 464 g/mol. The minimum absolute atomic E-state index is 0.0660. The summed E-state index contributed by atoms with van der Waals surface area (Å²) in [6.45, 7) is 0. The molecular weight excluding hydrogens is 453 g/mol. The molecule has 0 saturated heterocycles. The lowest BCUT2D eigenvalue weighted by molar-refractivity contribution is -0.136. The number of benzene rings is 1. The molecule has 4 aromatic rings. The van der Waals surface area contributed by atoms with E-state index >= 15 is 0 Å². The number of nitrogens with zero attached hydrogens (tertiary/aromatic N) is 2. The van der Waals surface area contributed by atoms with Gasteiger partial charge in [0.15, 0.2) is 0 Å². The van der Waals surface area contributed by atoms with Crippen molar-refractivity contribution < 1.29 is 22.4 Å². The van der Waals surface area contributed by atoms with Gasteiger partial charge in [-0.25, -0.2) is 10.4 Å². The molecule has 3 aromatic heterocycles. The molecule has 0 saturated carbocycles. The topological polar surface area (TPSA) is 93.5 Å². The van der Waals surface area contributed by atoms with Gasteiger partial charge in [0.05, 0.1) is 33.4 Å². The summed E-state index contributed by atoms with van der Waals surface area (Å²) >= 11 is 7.02. The van der Waals surface area contributed by atoms with E-state index in [-0.39, 0.29) is 11.4 Å². The van der Waals surface area contributed by atoms with Gasteiger partial charge in [0.2, 0.25) is 11.5 Å². The zero-order valence-corrected chi connectivity index (χ0v) is 17.0. The molecule has 0 radical (unpaired) electrons. The lowest BCUT2D eigenvalue weighted by Crippen LogP contribution is -2.18. The SMILES string of the molecule is Nc1c(C(=O)N/N=C/c2ccc(Cl)cc2)oc2nc(-c3cccs3)cc(C(F)(F)F)c12. The first-order chi connectivity index (χ1) is 14.7. The minimum Gasteiger partial charge on any atom is -0.430 e. The smallest absolute Gasteiger partial charge is 0.417 e. The molecule has 0 aliphatic heterocycles. The number of rotatable bonds is 4. The standard InChI is InChI=1S/C20H12ClF3N4O2S/c21-11-5-3-10(4-6-11)9-26-28-18(29)17-16(25)15-12(20(22,23)24)8-13(27-19(15)30-17)14-2-1-7-31-14/h1-9H,25H2,(H,28,29)/b26-9+. The second kappa shape index (κ2) is 8.05. The number of nitrogen functional groups attached to an aromatic ring is 1. The van der Waals surface area contributed by atoms with E-state index in [0.717, 1.165) is 6.07 Å². The molecule has 158 valence electrons. The summed E-state index contributed by atoms with van der Waals surface area (Å²) in [5, 5.41) is 5.54. The number of anilines is 1. The first-order valence-corrected chi connectivity index (χ1v) is 9.93. The Bertz CT molecular complexity index is 1280. The molecule has 1 amide bonds. The molecule has 1 aromatic carbocycles. The summed E-state index contributed by atoms with van der Waals surface area (Å²) in [6.07, 6.45) is -3.40. The van der Waals surface area contributed by atoms with Gasteiger partial charge < -0.3 is 10.2 Å². The number of nitrogens with one attached hydrogen (secondary N) is 1. The fourth-order valence-electron chi connectivity index (χ4n) is 2.83. The van der Waals surface area contributed by atoms with Gasteiger partial charge in [-0.3, -0.25) is 4.79 Å². The van der Waals surface area contributed by atoms with Crippen molar-refractivity contribution in [2.75, 3.05) is 5.73 Å². The van der Waals surface area contributed by atoms with Crippen molar-refractivity contribution in [1.82, 2.24) is 10.4 Å². The van der Waals surface area contributed by atoms with Crippen LogP contribution in [0.3, 0.4) is 0 Å². The summed E-state index contributed by atoms with van der Waals surface area (Å²) in [6, 6.07) is 10.8. The maximum atomic E-state index is 13.7. The average Bonchev–Trinajstić information content (AvgIpc) is 3.36. The Kier molecular flexibility index (Phi) is 5.42. The van der Waals surface area contributed by atoms with Crippen LogP contribution in [0.5, 0.6) is 0 Å². The molecule has 6 nitrogen and oxygen atoms in total. The number of carbonyl (C=O) groups excluding carboxylic acids is 1. The van der Waals surface area contributed by atoms with Gasteiger partial charge in [-0.1, -0.05) is 29.8 Å². The Balaban J connectivity index is 1.70. The summed E-state index contributed by atoms with van der Waals surface area (Å²) in [7, 11) is 0. The molecule has 0 atom stereocenters. The van der Waals surface area contributed by atoms with Gasteiger partial charge in [-0.05, 0) is 35.2 Å². The van der Waals surface area contributed by atoms with E-state index < -0.39 is 34.5 Å². The van der Waals surface area contributed by atoms with Gasteiger partial charge in [-0.2, -0.15) is 18.3 Å². The van der Waals surface area contributed by atoms with Crippen LogP contribution < -0.4 is 11.2 Å². The van der Waals surface area contributed by atoms with Crippen LogP contribution >= 0.6 is 22.9 Å². The largest absolute Gasteiger partial charge is 0.430 e. The van der Waals surface area contributed by atoms with E-state index in [1.807, 2.05) is 0 Å². The quantitative estimate of drug-likeness (QED) is 0.305. The highest BCUT2D eigenvalue weighted by molar-refractivity contribution is 7.13. The number of nitrogens with two attached hydrogens (primary N) is 1. The molecule has 0 bridgehead atoms. The fraction of sp³-hybridized carbons (Fsp3) is 0.0500. The number of carbonyl (C=O) groups is 1. The summed E-state index contributed by atoms with van der Waals surface area (Å²) in [5.74, 6) is -1.42. The van der Waals surface area contributed by atoms with Crippen molar-refractivity contribution in [3.05, 3.63) is 69.8 Å². The zero-order valence-electron chi connectivity index (χ0n) is 15.4. The Labute approximate surface area is 182 Å². The first kappa shape index (κ1) is 20.9. The molecule has 0 spiro atoms. The number of hydrogen-bond acceptors (Lipinski definition) is 6. The second-order valence-corrected chi connectivity index (χ2v) is 7.69. The van der Waals surface area contributed by atoms with E-state index in [4.69, 9.17) is 21.8 Å². The zero-order chi connectivity index (χ0) is 22.2. The number of hydrazone groups is 1. The van der Waals surface area contributed by atoms with Gasteiger partial charge in [0.1, 0.15) is 0 Å². The van der Waals surface area contributed by atoms with Crippen LogP contribution in [0.1, 0.15) is 21.7 Å². The maximum absolute atomic E-state index is 13.7. The highest BCUT2D eigenvalue weighted by Crippen LogP contribution is 2.41. The van der Waals surface area contributed by atoms with Crippen LogP contribution in [-0.4, -0.2) is 17.1 Å². The number of amides is 1. The third-order valence-corrected chi connectivity index (χ3v) is 5.38. The molecule has 11 heteroatoms. The third-order valence-electron chi connectivity index (χ3n) is 4.23. The molecular formula is C20H12ClF3N4O2S. The van der Waals surface area contributed by atoms with Gasteiger partial charge in [0, 0.05) is 5.02 Å². The summed E-state index contributed by atoms with van der Waals surface area (Å²) in [5.41, 5.74) is 6.85. The number of furan rings is 1. The molecule has 0 unspecified atom stereocenters. The number of alkyl halides is 3. The van der Waals surface area contributed by atoms with E-state index in [2.05, 4.69) is 15.5 Å². The van der Waals surface area contributed by atoms with Crippen LogP contribution in [0.2, 0.25) is 5.02 Å². The van der Waals surface area contributed by atoms with E-state index in [1.54, 1.807) is 41.8 Å². The third kappa shape index (κ3) is 4.25. The highest BCUT2D eigenvalue weighted by atomic mass is 35.5. The summed E-state index contributed by atoms with van der Waals surface area (Å²) < 4.78 is 46.4. The van der Waals surface area contributed by atoms with E-state index in [9.17, 15) is 18.0 Å². The van der Waals surface area contributed by atoms with Gasteiger partial charge in [0.25, 0.3) is 0 Å². The van der Waals surface area contributed by atoms with Crippen molar-refractivity contribution in [1.29, 1.82) is 0 Å². The van der Waals surface area contributed by atoms with Gasteiger partial charge in [-0.15, -0.1) is 11.3 Å². The van der Waals surface area contributed by atoms with Crippen LogP contribution in [-0.2, 0) is 6.18 Å². The number of halogens is 4. The molecule has 4 rings (SSSR count). The molecule has 3 N–H and O–H groups in total. The van der Waals surface area contributed by atoms with Crippen molar-refractivity contribution in [3.8, 4) is 10.6 Å². The highest BCUT2D eigenvalue weighted by Gasteiger charge is 2.37. The number of thiophene rings is 1. The Morgan fingerprint density at radius 2 is 2.00 bits per heavy atom. The normalized spacial score (nSPS) is 12.0. The Morgan fingerprint density at radius 1 is 1.26 bits per heavy atom. The Hall–Kier alpha value is -3.37. The van der Waals surface area contributed by atoms with E-state index in [1.165, 1.54) is 17.6 Å². The van der Waals surface area contributed by atoms with Crippen molar-refractivity contribution in [3.63, 3.8) is 0 Å². The lowest BCUT2D eigenvalue weighted by atomic mass is 10.1. The molecule has 31 heavy (non-hydrogen) atoms. The summed E-state index contributed by atoms with van der Waals surface area (Å²) in [4.78, 5) is 17.1. The van der Waals surface area contributed by atoms with Gasteiger partial charge >= 0.3 is 12.1 Å². The minimum atomic E-state index is -4.73. The predicted molar refractivity (Wildman–Crippen MR) is 113 cm³/mol. The number of hydrogen-bond donors (Lipinski definition) is 2. The second-order valence-electron chi connectivity index (χ2n) is 6.31. The Morgan fingerprint density at radius 3 is 2.65 bits per heavy atom. The van der Waals surface area contributed by atoms with Crippen LogP contribution in [0.25, 0.3) is 21.7 Å². The van der Waals surface area contributed by atoms with Crippen molar-refractivity contribution in [2.24, 2.45) is 5.10 Å². The van der Waals surface area contributed by atoms with Crippen LogP contribution in [0.4, 0.5) is 18.9 Å². The molecule has 3 heterocycles. The number of fused-ring (bicyclic) bond motifs is 1. The van der Waals surface area contributed by atoms with Crippen LogP contribution in [0.15, 0.2) is 57.4 Å². The van der Waals surface area contributed by atoms with Crippen molar-refractivity contribution in [2.45, 2.75) is 6.18 Å². The number of aromatic nitrogens is 1. The molecule has 0 fully saturated rings. The molecule has 0 aliphatic carbocycles.